The summed E-state index contributed by atoms with van der Waals surface area (Å²) < 4.78 is 1.87. The molecule has 0 atom stereocenters. The molecular weight excluding hydrogens is 260 g/mol. The third-order valence-corrected chi connectivity index (χ3v) is 3.73. The highest BCUT2D eigenvalue weighted by Gasteiger charge is 2.09. The number of hydrogen-bond acceptors (Lipinski definition) is 3. The number of nitrogens with zero attached hydrogens (tertiary/aromatic N) is 2. The normalized spacial score (nSPS) is 10.5. The highest BCUT2D eigenvalue weighted by Crippen LogP contribution is 2.32. The molecule has 0 fully saturated rings. The van der Waals surface area contributed by atoms with Gasteiger partial charge in [-0.3, -0.25) is 0 Å². The Labute approximate surface area is 107 Å². The minimum absolute atomic E-state index is 0.180. The van der Waals surface area contributed by atoms with Gasteiger partial charge in [0.05, 0.1) is 10.6 Å². The van der Waals surface area contributed by atoms with Crippen LogP contribution in [0.2, 0.25) is 5.02 Å². The molecule has 0 aliphatic carbocycles. The maximum Gasteiger partial charge on any atom is 0.335 e. The van der Waals surface area contributed by atoms with Gasteiger partial charge in [-0.2, -0.15) is 0 Å². The Balaban J connectivity index is 2.29. The van der Waals surface area contributed by atoms with Gasteiger partial charge in [0.1, 0.15) is 0 Å². The Morgan fingerprint density at radius 3 is 2.82 bits per heavy atom. The van der Waals surface area contributed by atoms with Crippen molar-refractivity contribution in [2.45, 2.75) is 10.1 Å². The topological polar surface area (TPSA) is 55.1 Å². The number of aromatic nitrogens is 2. The van der Waals surface area contributed by atoms with Gasteiger partial charge in [-0.1, -0.05) is 23.4 Å². The van der Waals surface area contributed by atoms with E-state index in [1.807, 2.05) is 17.8 Å². The summed E-state index contributed by atoms with van der Waals surface area (Å²) in [5, 5.41) is 10.0. The van der Waals surface area contributed by atoms with E-state index in [4.69, 9.17) is 16.7 Å². The molecular formula is C11H9ClN2O2S. The number of carboxylic acid groups (broad SMARTS) is 1. The number of halogens is 1. The van der Waals surface area contributed by atoms with Crippen molar-refractivity contribution in [1.82, 2.24) is 9.55 Å². The largest absolute Gasteiger partial charge is 0.478 e. The van der Waals surface area contributed by atoms with E-state index in [0.29, 0.717) is 5.02 Å². The molecule has 1 N–H and O–H groups in total. The Morgan fingerprint density at radius 1 is 1.53 bits per heavy atom. The number of carbonyl (C=O) groups is 1. The van der Waals surface area contributed by atoms with Crippen LogP contribution in [0, 0.1) is 0 Å². The third kappa shape index (κ3) is 2.62. The van der Waals surface area contributed by atoms with E-state index in [1.54, 1.807) is 12.3 Å². The smallest absolute Gasteiger partial charge is 0.335 e. The second-order valence-electron chi connectivity index (χ2n) is 3.37. The zero-order valence-corrected chi connectivity index (χ0v) is 10.5. The van der Waals surface area contributed by atoms with Gasteiger partial charge in [-0.15, -0.1) is 0 Å². The van der Waals surface area contributed by atoms with Gasteiger partial charge in [0.25, 0.3) is 0 Å². The van der Waals surface area contributed by atoms with E-state index in [2.05, 4.69) is 4.98 Å². The Kier molecular flexibility index (Phi) is 3.40. The van der Waals surface area contributed by atoms with Crippen molar-refractivity contribution in [3.8, 4) is 0 Å². The van der Waals surface area contributed by atoms with Gasteiger partial charge < -0.3 is 9.67 Å². The Hall–Kier alpha value is -1.46. The molecule has 0 saturated heterocycles. The highest BCUT2D eigenvalue weighted by atomic mass is 35.5. The van der Waals surface area contributed by atoms with E-state index >= 15 is 0 Å². The van der Waals surface area contributed by atoms with E-state index in [0.717, 1.165) is 10.1 Å². The monoisotopic (exact) mass is 268 g/mol. The summed E-state index contributed by atoms with van der Waals surface area (Å²) >= 11 is 7.42. The highest BCUT2D eigenvalue weighted by molar-refractivity contribution is 7.99. The standard InChI is InChI=1S/C11H9ClN2O2S/c1-14-5-4-13-11(14)17-9-3-2-7(10(15)16)6-8(9)12/h2-6H,1H3,(H,15,16). The number of benzene rings is 1. The molecule has 0 amide bonds. The molecule has 0 bridgehead atoms. The van der Waals surface area contributed by atoms with Gasteiger partial charge in [0.15, 0.2) is 5.16 Å². The molecule has 0 unspecified atom stereocenters. The van der Waals surface area contributed by atoms with Crippen molar-refractivity contribution < 1.29 is 9.90 Å². The van der Waals surface area contributed by atoms with E-state index in [-0.39, 0.29) is 5.56 Å². The van der Waals surface area contributed by atoms with Gasteiger partial charge in [0.2, 0.25) is 0 Å². The van der Waals surface area contributed by atoms with Crippen LogP contribution in [0.5, 0.6) is 0 Å². The van der Waals surface area contributed by atoms with Gasteiger partial charge in [-0.25, -0.2) is 9.78 Å². The first-order valence-electron chi connectivity index (χ1n) is 4.76. The van der Waals surface area contributed by atoms with Crippen molar-refractivity contribution in [2.24, 2.45) is 7.05 Å². The summed E-state index contributed by atoms with van der Waals surface area (Å²) in [6.07, 6.45) is 3.53. The minimum atomic E-state index is -0.986. The molecule has 1 heterocycles. The molecule has 0 aliphatic rings. The first-order valence-corrected chi connectivity index (χ1v) is 5.95. The lowest BCUT2D eigenvalue weighted by Gasteiger charge is -2.04. The molecule has 0 radical (unpaired) electrons. The summed E-state index contributed by atoms with van der Waals surface area (Å²) in [7, 11) is 1.88. The first-order chi connectivity index (χ1) is 8.08. The molecule has 2 aromatic rings. The molecule has 1 aromatic carbocycles. The molecule has 6 heteroatoms. The fourth-order valence-electron chi connectivity index (χ4n) is 1.27. The maximum atomic E-state index is 10.8. The minimum Gasteiger partial charge on any atom is -0.478 e. The second kappa shape index (κ2) is 4.81. The zero-order chi connectivity index (χ0) is 12.4. The predicted octanol–water partition coefficient (Wildman–Crippen LogP) is 2.92. The van der Waals surface area contributed by atoms with Gasteiger partial charge in [-0.05, 0) is 18.2 Å². The molecule has 2 rings (SSSR count). The summed E-state index contributed by atoms with van der Waals surface area (Å²) in [6.45, 7) is 0. The third-order valence-electron chi connectivity index (χ3n) is 2.16. The lowest BCUT2D eigenvalue weighted by molar-refractivity contribution is 0.0697. The summed E-state index contributed by atoms with van der Waals surface area (Å²) in [5.74, 6) is -0.986. The Bertz CT molecular complexity index is 568. The number of carboxylic acids is 1. The van der Waals surface area contributed by atoms with Crippen molar-refractivity contribution >= 4 is 29.3 Å². The molecule has 0 aliphatic heterocycles. The molecule has 0 saturated carbocycles. The second-order valence-corrected chi connectivity index (χ2v) is 4.79. The molecule has 0 spiro atoms. The molecule has 1 aromatic heterocycles. The van der Waals surface area contributed by atoms with Crippen molar-refractivity contribution in [2.75, 3.05) is 0 Å². The van der Waals surface area contributed by atoms with Crippen LogP contribution in [0.3, 0.4) is 0 Å². The predicted molar refractivity (Wildman–Crippen MR) is 65.7 cm³/mol. The summed E-state index contributed by atoms with van der Waals surface area (Å²) in [5.41, 5.74) is 0.180. The number of hydrogen-bond donors (Lipinski definition) is 1. The van der Waals surface area contributed by atoms with Crippen LogP contribution in [-0.4, -0.2) is 20.6 Å². The first kappa shape index (κ1) is 12.0. The number of aryl methyl sites for hydroxylation is 1. The van der Waals surface area contributed by atoms with Crippen LogP contribution in [0.4, 0.5) is 0 Å². The quantitative estimate of drug-likeness (QED) is 0.930. The molecule has 4 nitrogen and oxygen atoms in total. The van der Waals surface area contributed by atoms with E-state index < -0.39 is 5.97 Å². The van der Waals surface area contributed by atoms with E-state index in [1.165, 1.54) is 23.9 Å². The summed E-state index contributed by atoms with van der Waals surface area (Å²) in [6, 6.07) is 4.65. The SMILES string of the molecule is Cn1ccnc1Sc1ccc(C(=O)O)cc1Cl. The van der Waals surface area contributed by atoms with Gasteiger partial charge >= 0.3 is 5.97 Å². The lowest BCUT2D eigenvalue weighted by Crippen LogP contribution is -1.96. The van der Waals surface area contributed by atoms with Crippen LogP contribution in [0.25, 0.3) is 0 Å². The van der Waals surface area contributed by atoms with Crippen LogP contribution >= 0.6 is 23.4 Å². The maximum absolute atomic E-state index is 10.8. The fraction of sp³-hybridized carbons (Fsp3) is 0.0909. The van der Waals surface area contributed by atoms with Crippen LogP contribution in [0.15, 0.2) is 40.6 Å². The van der Waals surface area contributed by atoms with Crippen LogP contribution < -0.4 is 0 Å². The van der Waals surface area contributed by atoms with Crippen molar-refractivity contribution in [3.63, 3.8) is 0 Å². The fourth-order valence-corrected chi connectivity index (χ4v) is 2.37. The number of rotatable bonds is 3. The number of imidazole rings is 1. The average molecular weight is 269 g/mol. The van der Waals surface area contributed by atoms with Gasteiger partial charge in [0, 0.05) is 24.3 Å². The van der Waals surface area contributed by atoms with Crippen LogP contribution in [-0.2, 0) is 7.05 Å². The van der Waals surface area contributed by atoms with E-state index in [9.17, 15) is 4.79 Å². The lowest BCUT2D eigenvalue weighted by atomic mass is 10.2. The summed E-state index contributed by atoms with van der Waals surface area (Å²) in [4.78, 5) is 15.7. The number of aromatic carboxylic acids is 1. The van der Waals surface area contributed by atoms with Crippen molar-refractivity contribution in [3.05, 3.63) is 41.2 Å². The Morgan fingerprint density at radius 2 is 2.29 bits per heavy atom. The molecule has 17 heavy (non-hydrogen) atoms. The zero-order valence-electron chi connectivity index (χ0n) is 8.92. The van der Waals surface area contributed by atoms with Crippen molar-refractivity contribution in [1.29, 1.82) is 0 Å². The van der Waals surface area contributed by atoms with Crippen LogP contribution in [0.1, 0.15) is 10.4 Å². The average Bonchev–Trinajstić information content (AvgIpc) is 2.67. The molecule has 88 valence electrons.